The Morgan fingerprint density at radius 3 is 2.24 bits per heavy atom. The standard InChI is InChI=1S/C16H33N3O2/c1-4-6-7-11-14(16(21)18-5-2)19-15(20)13(3)10-8-9-12-17/h13-14H,4-12,17H2,1-3H3,(H,18,21)(H,19,20). The van der Waals surface area contributed by atoms with Crippen molar-refractivity contribution in [3.05, 3.63) is 0 Å². The third kappa shape index (κ3) is 9.45. The molecule has 0 aromatic carbocycles. The number of carbonyl (C=O) groups is 2. The third-order valence-corrected chi connectivity index (χ3v) is 3.62. The smallest absolute Gasteiger partial charge is 0.242 e. The van der Waals surface area contributed by atoms with E-state index in [1.807, 2.05) is 13.8 Å². The van der Waals surface area contributed by atoms with Crippen LogP contribution in [0.4, 0.5) is 0 Å². The van der Waals surface area contributed by atoms with E-state index in [9.17, 15) is 9.59 Å². The molecule has 0 saturated heterocycles. The molecule has 0 aromatic rings. The second kappa shape index (κ2) is 12.6. The van der Waals surface area contributed by atoms with Gasteiger partial charge >= 0.3 is 0 Å². The molecule has 2 unspecified atom stereocenters. The molecule has 0 heterocycles. The highest BCUT2D eigenvalue weighted by Crippen LogP contribution is 2.10. The van der Waals surface area contributed by atoms with Crippen LogP contribution in [-0.2, 0) is 9.59 Å². The Hall–Kier alpha value is -1.10. The van der Waals surface area contributed by atoms with Gasteiger partial charge in [0.25, 0.3) is 0 Å². The number of unbranched alkanes of at least 4 members (excludes halogenated alkanes) is 3. The van der Waals surface area contributed by atoms with E-state index >= 15 is 0 Å². The molecule has 0 aliphatic heterocycles. The second-order valence-electron chi connectivity index (χ2n) is 5.64. The van der Waals surface area contributed by atoms with Gasteiger partial charge in [-0.1, -0.05) is 39.5 Å². The van der Waals surface area contributed by atoms with E-state index < -0.39 is 6.04 Å². The highest BCUT2D eigenvalue weighted by atomic mass is 16.2. The Labute approximate surface area is 129 Å². The van der Waals surface area contributed by atoms with Crippen molar-refractivity contribution in [2.75, 3.05) is 13.1 Å². The summed E-state index contributed by atoms with van der Waals surface area (Å²) in [5.41, 5.74) is 5.46. The topological polar surface area (TPSA) is 84.2 Å². The Morgan fingerprint density at radius 1 is 1.00 bits per heavy atom. The van der Waals surface area contributed by atoms with Gasteiger partial charge in [-0.15, -0.1) is 0 Å². The zero-order chi connectivity index (χ0) is 16.1. The maximum Gasteiger partial charge on any atom is 0.242 e. The highest BCUT2D eigenvalue weighted by molar-refractivity contribution is 5.88. The summed E-state index contributed by atoms with van der Waals surface area (Å²) in [5.74, 6) is -0.171. The minimum Gasteiger partial charge on any atom is -0.355 e. The van der Waals surface area contributed by atoms with Crippen molar-refractivity contribution < 1.29 is 9.59 Å². The van der Waals surface area contributed by atoms with Crippen molar-refractivity contribution in [3.63, 3.8) is 0 Å². The lowest BCUT2D eigenvalue weighted by molar-refractivity contribution is -0.131. The van der Waals surface area contributed by atoms with Crippen LogP contribution in [0.3, 0.4) is 0 Å². The molecule has 2 atom stereocenters. The highest BCUT2D eigenvalue weighted by Gasteiger charge is 2.22. The number of nitrogens with two attached hydrogens (primary N) is 1. The molecule has 21 heavy (non-hydrogen) atoms. The molecule has 0 aromatic heterocycles. The molecule has 124 valence electrons. The Morgan fingerprint density at radius 2 is 1.67 bits per heavy atom. The van der Waals surface area contributed by atoms with Gasteiger partial charge in [0.05, 0.1) is 0 Å². The molecule has 0 radical (unpaired) electrons. The molecule has 0 aliphatic rings. The summed E-state index contributed by atoms with van der Waals surface area (Å²) < 4.78 is 0. The second-order valence-corrected chi connectivity index (χ2v) is 5.64. The number of rotatable bonds is 12. The predicted molar refractivity (Wildman–Crippen MR) is 86.8 cm³/mol. The van der Waals surface area contributed by atoms with Gasteiger partial charge in [0, 0.05) is 12.5 Å². The number of hydrogen-bond donors (Lipinski definition) is 3. The molecule has 2 amide bonds. The lowest BCUT2D eigenvalue weighted by Crippen LogP contribution is -2.48. The molecule has 5 nitrogen and oxygen atoms in total. The molecule has 5 heteroatoms. The maximum absolute atomic E-state index is 12.2. The van der Waals surface area contributed by atoms with Gasteiger partial charge < -0.3 is 16.4 Å². The minimum absolute atomic E-state index is 0.0280. The normalized spacial score (nSPS) is 13.5. The SMILES string of the molecule is CCCCCC(NC(=O)C(C)CCCCN)C(=O)NCC. The summed E-state index contributed by atoms with van der Waals surface area (Å²) in [6.07, 6.45) is 6.56. The van der Waals surface area contributed by atoms with Gasteiger partial charge in [-0.05, 0) is 32.7 Å². The first-order valence-corrected chi connectivity index (χ1v) is 8.34. The molecular formula is C16H33N3O2. The van der Waals surface area contributed by atoms with Gasteiger partial charge in [-0.25, -0.2) is 0 Å². The van der Waals surface area contributed by atoms with Crippen molar-refractivity contribution in [3.8, 4) is 0 Å². The van der Waals surface area contributed by atoms with E-state index in [0.717, 1.165) is 38.5 Å². The molecule has 0 spiro atoms. The minimum atomic E-state index is -0.402. The van der Waals surface area contributed by atoms with E-state index in [4.69, 9.17) is 5.73 Å². The lowest BCUT2D eigenvalue weighted by Gasteiger charge is -2.20. The average Bonchev–Trinajstić information content (AvgIpc) is 2.46. The number of likely N-dealkylation sites (N-methyl/N-ethyl adjacent to an activating group) is 1. The van der Waals surface area contributed by atoms with Gasteiger partial charge in [0.1, 0.15) is 6.04 Å². The van der Waals surface area contributed by atoms with Gasteiger partial charge in [0.2, 0.25) is 11.8 Å². The van der Waals surface area contributed by atoms with Crippen LogP contribution in [0.15, 0.2) is 0 Å². The third-order valence-electron chi connectivity index (χ3n) is 3.62. The number of amides is 2. The van der Waals surface area contributed by atoms with Crippen LogP contribution >= 0.6 is 0 Å². The van der Waals surface area contributed by atoms with Crippen molar-refractivity contribution in [1.82, 2.24) is 10.6 Å². The largest absolute Gasteiger partial charge is 0.355 e. The Kier molecular flexibility index (Phi) is 12.0. The first kappa shape index (κ1) is 19.9. The fourth-order valence-electron chi connectivity index (χ4n) is 2.20. The van der Waals surface area contributed by atoms with E-state index in [-0.39, 0.29) is 17.7 Å². The van der Waals surface area contributed by atoms with Crippen LogP contribution in [0.5, 0.6) is 0 Å². The Balaban J connectivity index is 4.34. The van der Waals surface area contributed by atoms with Gasteiger partial charge in [-0.2, -0.15) is 0 Å². The van der Waals surface area contributed by atoms with E-state index in [1.54, 1.807) is 0 Å². The summed E-state index contributed by atoms with van der Waals surface area (Å²) in [6, 6.07) is -0.402. The zero-order valence-corrected chi connectivity index (χ0v) is 13.9. The molecule has 0 fully saturated rings. The van der Waals surface area contributed by atoms with E-state index in [1.165, 1.54) is 0 Å². The first-order valence-electron chi connectivity index (χ1n) is 8.34. The van der Waals surface area contributed by atoms with Crippen LogP contribution in [0.25, 0.3) is 0 Å². The van der Waals surface area contributed by atoms with Crippen LogP contribution in [-0.4, -0.2) is 30.9 Å². The summed E-state index contributed by atoms with van der Waals surface area (Å²) >= 11 is 0. The maximum atomic E-state index is 12.2. The summed E-state index contributed by atoms with van der Waals surface area (Å²) in [7, 11) is 0. The van der Waals surface area contributed by atoms with Gasteiger partial charge in [-0.3, -0.25) is 9.59 Å². The average molecular weight is 299 g/mol. The molecule has 0 bridgehead atoms. The molecule has 0 aliphatic carbocycles. The van der Waals surface area contributed by atoms with E-state index in [0.29, 0.717) is 19.5 Å². The van der Waals surface area contributed by atoms with Crippen LogP contribution in [0.1, 0.15) is 65.7 Å². The van der Waals surface area contributed by atoms with Crippen molar-refractivity contribution in [2.24, 2.45) is 11.7 Å². The fourth-order valence-corrected chi connectivity index (χ4v) is 2.20. The lowest BCUT2D eigenvalue weighted by atomic mass is 10.0. The number of nitrogens with one attached hydrogen (secondary N) is 2. The van der Waals surface area contributed by atoms with Gasteiger partial charge in [0.15, 0.2) is 0 Å². The summed E-state index contributed by atoms with van der Waals surface area (Å²) in [4.78, 5) is 24.2. The van der Waals surface area contributed by atoms with Crippen molar-refractivity contribution in [1.29, 1.82) is 0 Å². The number of hydrogen-bond acceptors (Lipinski definition) is 3. The number of carbonyl (C=O) groups excluding carboxylic acids is 2. The quantitative estimate of drug-likeness (QED) is 0.482. The van der Waals surface area contributed by atoms with Crippen LogP contribution < -0.4 is 16.4 Å². The zero-order valence-electron chi connectivity index (χ0n) is 13.9. The molecule has 4 N–H and O–H groups in total. The van der Waals surface area contributed by atoms with Crippen molar-refractivity contribution in [2.45, 2.75) is 71.8 Å². The Bertz CT molecular complexity index is 295. The fraction of sp³-hybridized carbons (Fsp3) is 0.875. The van der Waals surface area contributed by atoms with Crippen LogP contribution in [0.2, 0.25) is 0 Å². The summed E-state index contributed by atoms with van der Waals surface area (Å²) in [5, 5.41) is 5.70. The first-order chi connectivity index (χ1) is 10.1. The predicted octanol–water partition coefficient (Wildman–Crippen LogP) is 1.95. The molecule has 0 saturated carbocycles. The molecule has 0 rings (SSSR count). The monoisotopic (exact) mass is 299 g/mol. The molecular weight excluding hydrogens is 266 g/mol. The van der Waals surface area contributed by atoms with Crippen molar-refractivity contribution >= 4 is 11.8 Å². The van der Waals surface area contributed by atoms with E-state index in [2.05, 4.69) is 17.6 Å². The van der Waals surface area contributed by atoms with Crippen LogP contribution in [0, 0.1) is 5.92 Å². The summed E-state index contributed by atoms with van der Waals surface area (Å²) in [6.45, 7) is 7.17.